The Morgan fingerprint density at radius 3 is 2.42 bits per heavy atom. The first-order valence-electron chi connectivity index (χ1n) is 9.81. The first-order valence-corrected chi connectivity index (χ1v) is 10.6. The summed E-state index contributed by atoms with van der Waals surface area (Å²) in [6.07, 6.45) is 0. The minimum atomic E-state index is -0.415. The first kappa shape index (κ1) is 20.9. The van der Waals surface area contributed by atoms with E-state index < -0.39 is 5.91 Å². The van der Waals surface area contributed by atoms with E-state index >= 15 is 0 Å². The maximum absolute atomic E-state index is 13.4. The molecule has 0 aliphatic rings. The molecule has 0 fully saturated rings. The summed E-state index contributed by atoms with van der Waals surface area (Å²) in [5.74, 6) is -0.0549. The zero-order chi connectivity index (χ0) is 22.0. The van der Waals surface area contributed by atoms with Gasteiger partial charge >= 0.3 is 0 Å². The van der Waals surface area contributed by atoms with Crippen LogP contribution in [0.15, 0.2) is 77.3 Å². The van der Waals surface area contributed by atoms with Crippen LogP contribution in [-0.2, 0) is 0 Å². The molecule has 7 heteroatoms. The van der Waals surface area contributed by atoms with Crippen molar-refractivity contribution in [1.82, 2.24) is 14.8 Å². The molecule has 1 aromatic heterocycles. The Balaban J connectivity index is 1.74. The third-order valence-corrected chi connectivity index (χ3v) is 5.29. The van der Waals surface area contributed by atoms with Crippen molar-refractivity contribution in [2.45, 2.75) is 19.8 Å². The molecule has 5 nitrogen and oxygen atoms in total. The van der Waals surface area contributed by atoms with Crippen molar-refractivity contribution in [2.24, 2.45) is 0 Å². The first-order chi connectivity index (χ1) is 14.9. The monoisotopic (exact) mass is 478 g/mol. The van der Waals surface area contributed by atoms with E-state index in [1.54, 1.807) is 16.8 Å². The van der Waals surface area contributed by atoms with Crippen LogP contribution in [-0.4, -0.2) is 20.7 Å². The number of carbonyl (C=O) groups excluding carboxylic acids is 1. The maximum Gasteiger partial charge on any atom is 0.295 e. The third-order valence-electron chi connectivity index (χ3n) is 4.80. The van der Waals surface area contributed by atoms with Crippen molar-refractivity contribution in [3.05, 3.63) is 94.5 Å². The summed E-state index contributed by atoms with van der Waals surface area (Å²) >= 11 is 3.48. The lowest BCUT2D eigenvalue weighted by Gasteiger charge is -2.13. The van der Waals surface area contributed by atoms with Crippen molar-refractivity contribution in [2.75, 3.05) is 5.32 Å². The molecule has 0 atom stereocenters. The Morgan fingerprint density at radius 1 is 1.03 bits per heavy atom. The van der Waals surface area contributed by atoms with E-state index in [4.69, 9.17) is 0 Å². The SMILES string of the molecule is CC(C)c1cc(Br)ccc1NC(=O)c1nc(-c2ccc(F)cc2)n(-c2ccccc2)n1. The van der Waals surface area contributed by atoms with Gasteiger partial charge in [0.25, 0.3) is 5.91 Å². The second kappa shape index (κ2) is 8.81. The maximum atomic E-state index is 13.4. The van der Waals surface area contributed by atoms with E-state index in [-0.39, 0.29) is 17.6 Å². The van der Waals surface area contributed by atoms with E-state index in [2.05, 4.69) is 45.2 Å². The molecule has 0 saturated heterocycles. The smallest absolute Gasteiger partial charge is 0.295 e. The molecule has 31 heavy (non-hydrogen) atoms. The molecule has 0 aliphatic carbocycles. The van der Waals surface area contributed by atoms with Crippen molar-refractivity contribution in [3.63, 3.8) is 0 Å². The average molecular weight is 479 g/mol. The summed E-state index contributed by atoms with van der Waals surface area (Å²) in [5.41, 5.74) is 3.12. The number of amides is 1. The van der Waals surface area contributed by atoms with Crippen molar-refractivity contribution in [3.8, 4) is 17.1 Å². The molecule has 0 radical (unpaired) electrons. The Hall–Kier alpha value is -3.32. The molecule has 0 saturated carbocycles. The molecule has 1 heterocycles. The van der Waals surface area contributed by atoms with Crippen LogP contribution in [0.2, 0.25) is 0 Å². The predicted octanol–water partition coefficient (Wildman–Crippen LogP) is 6.21. The lowest BCUT2D eigenvalue weighted by atomic mass is 10.0. The van der Waals surface area contributed by atoms with Crippen LogP contribution in [0.25, 0.3) is 17.1 Å². The second-order valence-electron chi connectivity index (χ2n) is 7.35. The zero-order valence-corrected chi connectivity index (χ0v) is 18.6. The summed E-state index contributed by atoms with van der Waals surface area (Å²) in [7, 11) is 0. The van der Waals surface area contributed by atoms with Crippen LogP contribution in [0.5, 0.6) is 0 Å². The number of rotatable bonds is 5. The number of anilines is 1. The average Bonchev–Trinajstić information content (AvgIpc) is 3.21. The van der Waals surface area contributed by atoms with Gasteiger partial charge in [0.2, 0.25) is 5.82 Å². The van der Waals surface area contributed by atoms with Gasteiger partial charge in [-0.25, -0.2) is 14.1 Å². The molecule has 1 amide bonds. The highest BCUT2D eigenvalue weighted by molar-refractivity contribution is 9.10. The van der Waals surface area contributed by atoms with E-state index in [0.29, 0.717) is 17.1 Å². The van der Waals surface area contributed by atoms with E-state index in [1.807, 2.05) is 48.5 Å². The van der Waals surface area contributed by atoms with Crippen LogP contribution in [0, 0.1) is 5.82 Å². The Kier molecular flexibility index (Phi) is 5.95. The molecule has 1 N–H and O–H groups in total. The molecular weight excluding hydrogens is 459 g/mol. The molecule has 3 aromatic carbocycles. The standard InChI is InChI=1S/C24H20BrFN4O/c1-15(2)20-14-17(25)10-13-21(20)27-24(31)22-28-23(16-8-11-18(26)12-9-16)30(29-22)19-6-4-3-5-7-19/h3-15H,1-2H3,(H,27,31). The normalized spacial score (nSPS) is 11.0. The fourth-order valence-corrected chi connectivity index (χ4v) is 3.63. The number of carbonyl (C=O) groups is 1. The van der Waals surface area contributed by atoms with Crippen molar-refractivity contribution < 1.29 is 9.18 Å². The van der Waals surface area contributed by atoms with Gasteiger partial charge in [-0.1, -0.05) is 48.0 Å². The number of hydrogen-bond donors (Lipinski definition) is 1. The van der Waals surface area contributed by atoms with Crippen LogP contribution < -0.4 is 5.32 Å². The fourth-order valence-electron chi connectivity index (χ4n) is 3.25. The number of nitrogens with one attached hydrogen (secondary N) is 1. The molecular formula is C24H20BrFN4O. The highest BCUT2D eigenvalue weighted by Gasteiger charge is 2.20. The van der Waals surface area contributed by atoms with Crippen molar-refractivity contribution in [1.29, 1.82) is 0 Å². The minimum Gasteiger partial charge on any atom is -0.319 e. The van der Waals surface area contributed by atoms with Gasteiger partial charge in [0.1, 0.15) is 5.82 Å². The fraction of sp³-hybridized carbons (Fsp3) is 0.125. The molecule has 0 bridgehead atoms. The number of halogens is 2. The summed E-state index contributed by atoms with van der Waals surface area (Å²) < 4.78 is 16.0. The Bertz CT molecular complexity index is 1220. The summed E-state index contributed by atoms with van der Waals surface area (Å²) in [6, 6.07) is 21.1. The lowest BCUT2D eigenvalue weighted by Crippen LogP contribution is -2.16. The van der Waals surface area contributed by atoms with Crippen LogP contribution in [0.1, 0.15) is 35.9 Å². The Labute approximate surface area is 188 Å². The zero-order valence-electron chi connectivity index (χ0n) is 17.0. The van der Waals surface area contributed by atoms with E-state index in [9.17, 15) is 9.18 Å². The summed E-state index contributed by atoms with van der Waals surface area (Å²) in [4.78, 5) is 17.5. The highest BCUT2D eigenvalue weighted by atomic mass is 79.9. The van der Waals surface area contributed by atoms with Gasteiger partial charge in [-0.05, 0) is 66.1 Å². The van der Waals surface area contributed by atoms with Crippen LogP contribution in [0.3, 0.4) is 0 Å². The lowest BCUT2D eigenvalue weighted by molar-refractivity contribution is 0.101. The minimum absolute atomic E-state index is 0.0285. The van der Waals surface area contributed by atoms with E-state index in [0.717, 1.165) is 15.7 Å². The van der Waals surface area contributed by atoms with Gasteiger partial charge in [-0.2, -0.15) is 0 Å². The molecule has 4 aromatic rings. The van der Waals surface area contributed by atoms with Gasteiger partial charge in [0.15, 0.2) is 5.82 Å². The largest absolute Gasteiger partial charge is 0.319 e. The van der Waals surface area contributed by atoms with Crippen molar-refractivity contribution >= 4 is 27.5 Å². The van der Waals surface area contributed by atoms with Gasteiger partial charge < -0.3 is 5.32 Å². The molecule has 4 rings (SSSR count). The van der Waals surface area contributed by atoms with Crippen LogP contribution >= 0.6 is 15.9 Å². The van der Waals surface area contributed by atoms with Gasteiger partial charge in [0.05, 0.1) is 5.69 Å². The number of benzene rings is 3. The Morgan fingerprint density at radius 2 is 1.74 bits per heavy atom. The van der Waals surface area contributed by atoms with Crippen LogP contribution in [0.4, 0.5) is 10.1 Å². The predicted molar refractivity (Wildman–Crippen MR) is 123 cm³/mol. The molecule has 0 spiro atoms. The summed E-state index contributed by atoms with van der Waals surface area (Å²) in [6.45, 7) is 4.12. The number of hydrogen-bond acceptors (Lipinski definition) is 3. The third kappa shape index (κ3) is 4.56. The van der Waals surface area contributed by atoms with Gasteiger partial charge in [-0.15, -0.1) is 5.10 Å². The summed E-state index contributed by atoms with van der Waals surface area (Å²) in [5, 5.41) is 7.39. The topological polar surface area (TPSA) is 59.8 Å². The molecule has 0 aliphatic heterocycles. The number of nitrogens with zero attached hydrogens (tertiary/aromatic N) is 3. The number of para-hydroxylation sites is 1. The second-order valence-corrected chi connectivity index (χ2v) is 8.27. The van der Waals surface area contributed by atoms with Gasteiger partial charge in [-0.3, -0.25) is 4.79 Å². The number of aromatic nitrogens is 3. The molecule has 156 valence electrons. The quantitative estimate of drug-likeness (QED) is 0.370. The van der Waals surface area contributed by atoms with E-state index in [1.165, 1.54) is 12.1 Å². The van der Waals surface area contributed by atoms with Gasteiger partial charge in [0, 0.05) is 15.7 Å². The highest BCUT2D eigenvalue weighted by Crippen LogP contribution is 2.28. The molecule has 0 unspecified atom stereocenters.